The van der Waals surface area contributed by atoms with Crippen molar-refractivity contribution < 1.29 is 4.79 Å². The molecule has 0 aromatic heterocycles. The zero-order valence-corrected chi connectivity index (χ0v) is 16.6. The zero-order chi connectivity index (χ0) is 20.4. The van der Waals surface area contributed by atoms with Crippen molar-refractivity contribution in [3.8, 4) is 23.3 Å². The van der Waals surface area contributed by atoms with Gasteiger partial charge in [-0.05, 0) is 54.0 Å². The molecule has 6 heteroatoms. The Morgan fingerprint density at radius 2 is 1.93 bits per heavy atom. The van der Waals surface area contributed by atoms with Gasteiger partial charge in [-0.15, -0.1) is 0 Å². The second-order valence-electron chi connectivity index (χ2n) is 7.81. The van der Waals surface area contributed by atoms with Gasteiger partial charge in [-0.2, -0.15) is 10.5 Å². The molecule has 2 aromatic carbocycles. The van der Waals surface area contributed by atoms with Crippen LogP contribution in [-0.4, -0.2) is 24.0 Å². The SMILES string of the molecule is N#Cc1cc(-c2ccc(C[C@@H](C#N)NC(=O)[C@H]3N[C@@H]4CC[C@H]3C4)cc2)ccc1Cl. The largest absolute Gasteiger partial charge is 0.339 e. The molecule has 2 N–H and O–H groups in total. The molecule has 4 rings (SSSR count). The minimum Gasteiger partial charge on any atom is -0.339 e. The van der Waals surface area contributed by atoms with Gasteiger partial charge in [0.1, 0.15) is 12.1 Å². The second-order valence-corrected chi connectivity index (χ2v) is 8.22. The van der Waals surface area contributed by atoms with E-state index in [2.05, 4.69) is 22.8 Å². The number of carbonyl (C=O) groups is 1. The van der Waals surface area contributed by atoms with Crippen molar-refractivity contribution >= 4 is 17.5 Å². The molecular formula is C23H21ClN4O. The van der Waals surface area contributed by atoms with Gasteiger partial charge in [-0.25, -0.2) is 0 Å². The molecule has 4 atom stereocenters. The standard InChI is InChI=1S/C23H21ClN4O/c24-21-8-6-16(10-18(21)12-25)15-3-1-14(2-4-15)9-20(13-26)28-23(29)22-17-5-7-19(11-17)27-22/h1-4,6,8,10,17,19-20,22,27H,5,7,9,11H2,(H,28,29)/t17-,19+,20-,22-/m0/s1. The molecule has 0 unspecified atom stereocenters. The minimum atomic E-state index is -0.560. The summed E-state index contributed by atoms with van der Waals surface area (Å²) in [5.41, 5.74) is 3.28. The molecule has 2 aliphatic rings. The van der Waals surface area contributed by atoms with E-state index in [-0.39, 0.29) is 11.9 Å². The highest BCUT2D eigenvalue weighted by Gasteiger charge is 2.43. The van der Waals surface area contributed by atoms with E-state index < -0.39 is 6.04 Å². The second kappa shape index (κ2) is 8.25. The fourth-order valence-electron chi connectivity index (χ4n) is 4.40. The predicted molar refractivity (Wildman–Crippen MR) is 111 cm³/mol. The molecule has 0 spiro atoms. The maximum absolute atomic E-state index is 12.6. The summed E-state index contributed by atoms with van der Waals surface area (Å²) in [5, 5.41) is 25.3. The van der Waals surface area contributed by atoms with Crippen molar-refractivity contribution in [1.29, 1.82) is 10.5 Å². The van der Waals surface area contributed by atoms with E-state index in [1.165, 1.54) is 0 Å². The first-order chi connectivity index (χ1) is 14.1. The Bertz CT molecular complexity index is 1010. The van der Waals surface area contributed by atoms with Gasteiger partial charge >= 0.3 is 0 Å². The van der Waals surface area contributed by atoms with Crippen molar-refractivity contribution in [3.05, 3.63) is 58.6 Å². The zero-order valence-electron chi connectivity index (χ0n) is 15.9. The number of fused-ring (bicyclic) bond motifs is 2. The summed E-state index contributed by atoms with van der Waals surface area (Å²) < 4.78 is 0. The molecule has 1 saturated carbocycles. The summed E-state index contributed by atoms with van der Waals surface area (Å²) in [6.45, 7) is 0. The van der Waals surface area contributed by atoms with Crippen molar-refractivity contribution in [3.63, 3.8) is 0 Å². The Labute approximate surface area is 175 Å². The smallest absolute Gasteiger partial charge is 0.238 e. The molecule has 1 saturated heterocycles. The molecule has 2 fully saturated rings. The minimum absolute atomic E-state index is 0.0643. The van der Waals surface area contributed by atoms with E-state index in [1.807, 2.05) is 30.3 Å². The van der Waals surface area contributed by atoms with Crippen LogP contribution in [0.2, 0.25) is 5.02 Å². The van der Waals surface area contributed by atoms with Crippen LogP contribution >= 0.6 is 11.6 Å². The van der Waals surface area contributed by atoms with Gasteiger partial charge in [0.15, 0.2) is 0 Å². The number of nitrogens with one attached hydrogen (secondary N) is 2. The first kappa shape index (κ1) is 19.5. The Hall–Kier alpha value is -2.86. The van der Waals surface area contributed by atoms with Crippen LogP contribution in [-0.2, 0) is 11.2 Å². The number of benzene rings is 2. The lowest BCUT2D eigenvalue weighted by atomic mass is 9.98. The van der Waals surface area contributed by atoms with Gasteiger partial charge in [0.2, 0.25) is 5.91 Å². The highest BCUT2D eigenvalue weighted by molar-refractivity contribution is 6.31. The Kier molecular flexibility index (Phi) is 5.53. The molecular weight excluding hydrogens is 384 g/mol. The maximum Gasteiger partial charge on any atom is 0.238 e. The summed E-state index contributed by atoms with van der Waals surface area (Å²) >= 11 is 6.00. The summed E-state index contributed by atoms with van der Waals surface area (Å²) in [6.07, 6.45) is 3.75. The highest BCUT2D eigenvalue weighted by Crippen LogP contribution is 2.35. The number of carbonyl (C=O) groups excluding carboxylic acids is 1. The van der Waals surface area contributed by atoms with E-state index in [0.29, 0.717) is 29.0 Å². The topological polar surface area (TPSA) is 88.7 Å². The summed E-state index contributed by atoms with van der Waals surface area (Å²) in [6, 6.07) is 17.2. The maximum atomic E-state index is 12.6. The molecule has 1 amide bonds. The number of nitrogens with zero attached hydrogens (tertiary/aromatic N) is 2. The first-order valence-corrected chi connectivity index (χ1v) is 10.2. The number of hydrogen-bond donors (Lipinski definition) is 2. The summed E-state index contributed by atoms with van der Waals surface area (Å²) in [7, 11) is 0. The molecule has 1 aliphatic heterocycles. The van der Waals surface area contributed by atoms with E-state index in [1.54, 1.807) is 12.1 Å². The van der Waals surface area contributed by atoms with Crippen LogP contribution in [0.5, 0.6) is 0 Å². The van der Waals surface area contributed by atoms with Crippen LogP contribution < -0.4 is 10.6 Å². The molecule has 29 heavy (non-hydrogen) atoms. The monoisotopic (exact) mass is 404 g/mol. The molecule has 1 heterocycles. The van der Waals surface area contributed by atoms with Crippen molar-refractivity contribution in [2.45, 2.75) is 43.8 Å². The Morgan fingerprint density at radius 3 is 2.55 bits per heavy atom. The van der Waals surface area contributed by atoms with Crippen LogP contribution in [0.15, 0.2) is 42.5 Å². The number of piperidine rings is 1. The normalized spacial score (nSPS) is 23.2. The van der Waals surface area contributed by atoms with Crippen molar-refractivity contribution in [2.24, 2.45) is 5.92 Å². The lowest BCUT2D eigenvalue weighted by Gasteiger charge is -2.23. The lowest BCUT2D eigenvalue weighted by Crippen LogP contribution is -2.50. The Balaban J connectivity index is 1.40. The van der Waals surface area contributed by atoms with Crippen LogP contribution in [0.3, 0.4) is 0 Å². The average Bonchev–Trinajstić information content (AvgIpc) is 3.38. The molecule has 5 nitrogen and oxygen atoms in total. The molecule has 2 bridgehead atoms. The van der Waals surface area contributed by atoms with Gasteiger partial charge in [0, 0.05) is 12.5 Å². The molecule has 2 aromatic rings. The number of halogens is 1. The lowest BCUT2D eigenvalue weighted by molar-refractivity contribution is -0.124. The van der Waals surface area contributed by atoms with E-state index in [9.17, 15) is 10.1 Å². The summed E-state index contributed by atoms with van der Waals surface area (Å²) in [5.74, 6) is 0.335. The van der Waals surface area contributed by atoms with Gasteiger partial charge in [0.25, 0.3) is 0 Å². The number of hydrogen-bond acceptors (Lipinski definition) is 4. The summed E-state index contributed by atoms with van der Waals surface area (Å²) in [4.78, 5) is 12.6. The van der Waals surface area contributed by atoms with Crippen LogP contribution in [0.1, 0.15) is 30.4 Å². The van der Waals surface area contributed by atoms with Gasteiger partial charge in [-0.3, -0.25) is 4.79 Å². The predicted octanol–water partition coefficient (Wildman–Crippen LogP) is 3.57. The van der Waals surface area contributed by atoms with Crippen LogP contribution in [0, 0.1) is 28.6 Å². The van der Waals surface area contributed by atoms with Crippen molar-refractivity contribution in [2.75, 3.05) is 0 Å². The molecule has 0 radical (unpaired) electrons. The van der Waals surface area contributed by atoms with Crippen LogP contribution in [0.4, 0.5) is 0 Å². The van der Waals surface area contributed by atoms with E-state index in [0.717, 1.165) is 36.0 Å². The van der Waals surface area contributed by atoms with E-state index in [4.69, 9.17) is 16.9 Å². The fourth-order valence-corrected chi connectivity index (χ4v) is 4.56. The third-order valence-electron chi connectivity index (χ3n) is 5.93. The fraction of sp³-hybridized carbons (Fsp3) is 0.348. The molecule has 146 valence electrons. The quantitative estimate of drug-likeness (QED) is 0.797. The third kappa shape index (κ3) is 4.12. The van der Waals surface area contributed by atoms with Gasteiger partial charge < -0.3 is 10.6 Å². The van der Waals surface area contributed by atoms with Gasteiger partial charge in [-0.1, -0.05) is 41.9 Å². The number of nitriles is 2. The first-order valence-electron chi connectivity index (χ1n) is 9.82. The highest BCUT2D eigenvalue weighted by atomic mass is 35.5. The number of amides is 1. The number of rotatable bonds is 5. The Morgan fingerprint density at radius 1 is 1.17 bits per heavy atom. The van der Waals surface area contributed by atoms with Gasteiger partial charge in [0.05, 0.1) is 22.7 Å². The third-order valence-corrected chi connectivity index (χ3v) is 6.26. The molecule has 1 aliphatic carbocycles. The average molecular weight is 405 g/mol. The van der Waals surface area contributed by atoms with Crippen LogP contribution in [0.25, 0.3) is 11.1 Å². The van der Waals surface area contributed by atoms with Crippen molar-refractivity contribution in [1.82, 2.24) is 10.6 Å². The van der Waals surface area contributed by atoms with E-state index >= 15 is 0 Å².